The highest BCUT2D eigenvalue weighted by Crippen LogP contribution is 2.30. The van der Waals surface area contributed by atoms with E-state index >= 15 is 0 Å². The Hall–Kier alpha value is -5.63. The van der Waals surface area contributed by atoms with E-state index in [2.05, 4.69) is 22.1 Å². The first kappa shape index (κ1) is 33.7. The van der Waals surface area contributed by atoms with Crippen LogP contribution in [0.25, 0.3) is 0 Å². The molecule has 4 aromatic carbocycles. The fraction of sp³-hybridized carbons (Fsp3) is 0.225. The van der Waals surface area contributed by atoms with Crippen molar-refractivity contribution in [3.8, 4) is 11.5 Å². The summed E-state index contributed by atoms with van der Waals surface area (Å²) in [7, 11) is 0. The van der Waals surface area contributed by atoms with E-state index in [-0.39, 0.29) is 18.3 Å². The Morgan fingerprint density at radius 3 is 1.71 bits per heavy atom. The van der Waals surface area contributed by atoms with Gasteiger partial charge in [0.2, 0.25) is 5.89 Å². The predicted molar refractivity (Wildman–Crippen MR) is 183 cm³/mol. The summed E-state index contributed by atoms with van der Waals surface area (Å²) in [5.41, 5.74) is 4.36. The smallest absolute Gasteiger partial charge is 0.306 e. The third-order valence-electron chi connectivity index (χ3n) is 7.34. The Kier molecular flexibility index (Phi) is 12.2. The van der Waals surface area contributed by atoms with Crippen LogP contribution < -0.4 is 9.47 Å². The molecule has 0 N–H and O–H groups in total. The van der Waals surface area contributed by atoms with E-state index in [9.17, 15) is 4.79 Å². The van der Waals surface area contributed by atoms with E-state index < -0.39 is 0 Å². The van der Waals surface area contributed by atoms with Crippen LogP contribution in [0.15, 0.2) is 130 Å². The van der Waals surface area contributed by atoms with Gasteiger partial charge in [0, 0.05) is 6.42 Å². The van der Waals surface area contributed by atoms with Gasteiger partial charge in [-0.2, -0.15) is 0 Å². The number of hydrogen-bond donors (Lipinski definition) is 0. The predicted octanol–water partition coefficient (Wildman–Crippen LogP) is 8.80. The van der Waals surface area contributed by atoms with Gasteiger partial charge < -0.3 is 23.0 Å². The summed E-state index contributed by atoms with van der Waals surface area (Å²) in [4.78, 5) is 20.5. The van der Waals surface area contributed by atoms with Gasteiger partial charge in [-0.25, -0.2) is 9.97 Å². The van der Waals surface area contributed by atoms with Crippen molar-refractivity contribution >= 4 is 5.97 Å². The van der Waals surface area contributed by atoms with Gasteiger partial charge in [-0.05, 0) is 67.3 Å². The van der Waals surface area contributed by atoms with Gasteiger partial charge in [0.1, 0.15) is 36.2 Å². The van der Waals surface area contributed by atoms with Gasteiger partial charge in [-0.15, -0.1) is 0 Å². The maximum atomic E-state index is 12.0. The fourth-order valence-corrected chi connectivity index (χ4v) is 4.91. The molecule has 0 saturated heterocycles. The minimum atomic E-state index is -0.291. The minimum absolute atomic E-state index is 0.179. The normalized spacial score (nSPS) is 11.2. The third kappa shape index (κ3) is 10.5. The van der Waals surface area contributed by atoms with Crippen molar-refractivity contribution in [1.29, 1.82) is 0 Å². The molecule has 0 amide bonds. The largest absolute Gasteiger partial charge is 0.489 e. The third-order valence-corrected chi connectivity index (χ3v) is 7.34. The number of aryl methyl sites for hydroxylation is 2. The molecule has 8 heteroatoms. The molecular weight excluding hydrogens is 604 g/mol. The fourth-order valence-electron chi connectivity index (χ4n) is 4.91. The van der Waals surface area contributed by atoms with Crippen molar-refractivity contribution in [3.63, 3.8) is 0 Å². The molecule has 0 fully saturated rings. The van der Waals surface area contributed by atoms with E-state index in [1.807, 2.05) is 111 Å². The molecule has 1 atom stereocenters. The maximum absolute atomic E-state index is 12.0. The zero-order valence-electron chi connectivity index (χ0n) is 27.5. The molecular formula is C40H40N2O6. The van der Waals surface area contributed by atoms with Crippen molar-refractivity contribution in [3.05, 3.63) is 167 Å². The van der Waals surface area contributed by atoms with Gasteiger partial charge in [0.05, 0.1) is 31.3 Å². The highest BCUT2D eigenvalue weighted by Gasteiger charge is 2.23. The number of esters is 1. The van der Waals surface area contributed by atoms with Gasteiger partial charge >= 0.3 is 5.97 Å². The van der Waals surface area contributed by atoms with Crippen LogP contribution in [0, 0.1) is 13.8 Å². The summed E-state index contributed by atoms with van der Waals surface area (Å²) in [6, 6.07) is 35.8. The second-order valence-electron chi connectivity index (χ2n) is 11.2. The van der Waals surface area contributed by atoms with Crippen LogP contribution in [-0.4, -0.2) is 22.5 Å². The number of nitrogens with zero attached hydrogens (tertiary/aromatic N) is 2. The summed E-state index contributed by atoms with van der Waals surface area (Å²) in [6.07, 6.45) is 4.28. The number of carbonyl (C=O) groups is 1. The molecule has 8 nitrogen and oxygen atoms in total. The number of oxazole rings is 2. The summed E-state index contributed by atoms with van der Waals surface area (Å²) in [5.74, 6) is 3.87. The first-order chi connectivity index (χ1) is 23.4. The lowest BCUT2D eigenvalue weighted by molar-refractivity contribution is -0.143. The van der Waals surface area contributed by atoms with Gasteiger partial charge in [-0.3, -0.25) is 4.79 Å². The molecule has 6 aromatic rings. The van der Waals surface area contributed by atoms with Crippen LogP contribution in [0.1, 0.15) is 64.8 Å². The van der Waals surface area contributed by atoms with Crippen molar-refractivity contribution in [2.24, 2.45) is 0 Å². The molecule has 0 saturated carbocycles. The molecule has 2 aromatic heterocycles. The average molecular weight is 645 g/mol. The SMILES string of the molecule is CCOC(=O)CC(c1ccc(OCc2ccccc2)cc1)c1ncc(C)o1.Cc1cnc(Cc2ccc(OCc3ccccc3)cc2)o1. The van der Waals surface area contributed by atoms with E-state index in [4.69, 9.17) is 23.0 Å². The number of carbonyl (C=O) groups excluding carboxylic acids is 1. The molecule has 0 bridgehead atoms. The molecule has 0 aliphatic heterocycles. The minimum Gasteiger partial charge on any atom is -0.489 e. The van der Waals surface area contributed by atoms with Crippen LogP contribution in [-0.2, 0) is 29.2 Å². The first-order valence-corrected chi connectivity index (χ1v) is 16.0. The van der Waals surface area contributed by atoms with Crippen molar-refractivity contribution in [2.75, 3.05) is 6.61 Å². The Morgan fingerprint density at radius 1 is 0.667 bits per heavy atom. The lowest BCUT2D eigenvalue weighted by atomic mass is 9.95. The molecule has 0 aliphatic rings. The Balaban J connectivity index is 0.000000194. The Bertz CT molecular complexity index is 1810. The average Bonchev–Trinajstić information content (AvgIpc) is 3.74. The zero-order chi connectivity index (χ0) is 33.6. The summed E-state index contributed by atoms with van der Waals surface area (Å²) in [6.45, 7) is 6.96. The monoisotopic (exact) mass is 644 g/mol. The van der Waals surface area contributed by atoms with Crippen molar-refractivity contribution in [2.45, 2.75) is 52.7 Å². The van der Waals surface area contributed by atoms with E-state index in [1.54, 1.807) is 19.3 Å². The summed E-state index contributed by atoms with van der Waals surface area (Å²) >= 11 is 0. The molecule has 246 valence electrons. The van der Waals surface area contributed by atoms with E-state index in [1.165, 1.54) is 0 Å². The second kappa shape index (κ2) is 17.3. The van der Waals surface area contributed by atoms with Crippen LogP contribution in [0.2, 0.25) is 0 Å². The van der Waals surface area contributed by atoms with Gasteiger partial charge in [0.15, 0.2) is 5.89 Å². The number of benzene rings is 4. The maximum Gasteiger partial charge on any atom is 0.306 e. The van der Waals surface area contributed by atoms with Gasteiger partial charge in [-0.1, -0.05) is 84.9 Å². The topological polar surface area (TPSA) is 96.8 Å². The van der Waals surface area contributed by atoms with Gasteiger partial charge in [0.25, 0.3) is 0 Å². The number of ether oxygens (including phenoxy) is 3. The zero-order valence-corrected chi connectivity index (χ0v) is 27.5. The number of rotatable bonds is 13. The quantitative estimate of drug-likeness (QED) is 0.115. The molecule has 48 heavy (non-hydrogen) atoms. The van der Waals surface area contributed by atoms with E-state index in [0.29, 0.717) is 37.9 Å². The van der Waals surface area contributed by atoms with E-state index in [0.717, 1.165) is 45.4 Å². The highest BCUT2D eigenvalue weighted by molar-refractivity contribution is 5.71. The molecule has 0 spiro atoms. The van der Waals surface area contributed by atoms with Crippen LogP contribution in [0.5, 0.6) is 11.5 Å². The molecule has 0 radical (unpaired) electrons. The molecule has 0 aliphatic carbocycles. The molecule has 1 unspecified atom stereocenters. The number of hydrogen-bond acceptors (Lipinski definition) is 8. The highest BCUT2D eigenvalue weighted by atomic mass is 16.5. The van der Waals surface area contributed by atoms with Crippen LogP contribution in [0.4, 0.5) is 0 Å². The van der Waals surface area contributed by atoms with Crippen molar-refractivity contribution < 1.29 is 27.8 Å². The first-order valence-electron chi connectivity index (χ1n) is 16.0. The standard InChI is InChI=1S/C22H23NO4.C18H17NO2/c1-3-25-21(24)13-20(22-23-14-16(2)27-22)18-9-11-19(12-10-18)26-15-17-7-5-4-6-8-17;1-14-12-19-18(21-14)11-15-7-9-17(10-8-15)20-13-16-5-3-2-4-6-16/h4-12,14,20H,3,13,15H2,1-2H3;2-10,12H,11,13H2,1H3. The second-order valence-corrected chi connectivity index (χ2v) is 11.2. The molecule has 2 heterocycles. The molecule has 6 rings (SSSR count). The Labute approximate surface area is 281 Å². The van der Waals surface area contributed by atoms with Crippen LogP contribution >= 0.6 is 0 Å². The lowest BCUT2D eigenvalue weighted by Crippen LogP contribution is -2.12. The number of aromatic nitrogens is 2. The lowest BCUT2D eigenvalue weighted by Gasteiger charge is -2.14. The Morgan fingerprint density at radius 2 is 1.21 bits per heavy atom. The summed E-state index contributed by atoms with van der Waals surface area (Å²) in [5, 5.41) is 0. The van der Waals surface area contributed by atoms with Crippen LogP contribution in [0.3, 0.4) is 0 Å². The van der Waals surface area contributed by atoms with Crippen molar-refractivity contribution in [1.82, 2.24) is 9.97 Å². The summed E-state index contributed by atoms with van der Waals surface area (Å²) < 4.78 is 27.8.